The smallest absolute Gasteiger partial charge is 0.322 e. The molecule has 1 fully saturated rings. The zero-order valence-corrected chi connectivity index (χ0v) is 29.6. The number of carboxylic acids is 1. The zero-order chi connectivity index (χ0) is 36.0. The molecule has 0 unspecified atom stereocenters. The topological polar surface area (TPSA) is 179 Å². The van der Waals surface area contributed by atoms with Crippen LogP contribution in [0.25, 0.3) is 0 Å². The van der Waals surface area contributed by atoms with Crippen molar-refractivity contribution in [3.63, 3.8) is 0 Å². The number of methoxy groups -OCH3 is 1. The monoisotopic (exact) mass is 700 g/mol. The first-order chi connectivity index (χ1) is 23.3. The summed E-state index contributed by atoms with van der Waals surface area (Å²) in [4.78, 5) is 38.4. The Bertz CT molecular complexity index is 1580. The summed E-state index contributed by atoms with van der Waals surface area (Å²) in [7, 11) is -2.38. The number of nitrogens with zero attached hydrogens (tertiary/aromatic N) is 2. The maximum atomic E-state index is 13.1. The summed E-state index contributed by atoms with van der Waals surface area (Å²) in [5.74, 6) is 4.71. The molecule has 0 bridgehead atoms. The van der Waals surface area contributed by atoms with Crippen LogP contribution in [0.2, 0.25) is 0 Å². The highest BCUT2D eigenvalue weighted by molar-refractivity contribution is 7.87. The van der Waals surface area contributed by atoms with Gasteiger partial charge in [0, 0.05) is 69.2 Å². The number of anilines is 1. The van der Waals surface area contributed by atoms with Gasteiger partial charge in [-0.1, -0.05) is 25.7 Å². The standard InChI is InChI=1S/C34H48N6O8S/c1-24(2)31(33(42)43)38-49(45,46)40-19-17-39(18-20-40)28-12-9-26(10-13-28)7-8-27-11-14-30(48-22-21-47-5)29(23-27)32(41)35-15-6-16-36-34(44)37-25(3)4/h9-14,23-25,31,38H,6,15-22H2,1-5H3,(H,35,41)(H,42,43)(H2,36,37,44)/t31-/m1/s1. The van der Waals surface area contributed by atoms with E-state index >= 15 is 0 Å². The van der Waals surface area contributed by atoms with Crippen LogP contribution >= 0.6 is 0 Å². The van der Waals surface area contributed by atoms with Crippen molar-refractivity contribution in [2.45, 2.75) is 46.2 Å². The number of hydrogen-bond donors (Lipinski definition) is 5. The fraction of sp³-hybridized carbons (Fsp3) is 0.500. The van der Waals surface area contributed by atoms with E-state index < -0.39 is 28.1 Å². The summed E-state index contributed by atoms with van der Waals surface area (Å²) in [6.45, 7) is 9.77. The Hall–Kier alpha value is -4.36. The van der Waals surface area contributed by atoms with Crippen LogP contribution in [0, 0.1) is 17.8 Å². The van der Waals surface area contributed by atoms with Crippen LogP contribution in [0.5, 0.6) is 5.75 Å². The number of carboxylic acid groups (broad SMARTS) is 1. The van der Waals surface area contributed by atoms with E-state index in [-0.39, 0.29) is 37.7 Å². The van der Waals surface area contributed by atoms with Gasteiger partial charge in [-0.15, -0.1) is 0 Å². The number of nitrogens with one attached hydrogen (secondary N) is 4. The lowest BCUT2D eigenvalue weighted by molar-refractivity contribution is -0.140. The van der Waals surface area contributed by atoms with Crippen LogP contribution in [0.15, 0.2) is 42.5 Å². The Morgan fingerprint density at radius 3 is 2.14 bits per heavy atom. The Labute approximate surface area is 289 Å². The minimum Gasteiger partial charge on any atom is -0.490 e. The van der Waals surface area contributed by atoms with Crippen molar-refractivity contribution in [3.8, 4) is 17.6 Å². The first-order valence-corrected chi connectivity index (χ1v) is 17.7. The third-order valence-corrected chi connectivity index (χ3v) is 9.08. The molecule has 49 heavy (non-hydrogen) atoms. The van der Waals surface area contributed by atoms with E-state index in [1.807, 2.05) is 38.1 Å². The lowest BCUT2D eigenvalue weighted by atomic mass is 10.1. The van der Waals surface area contributed by atoms with Crippen LogP contribution in [-0.4, -0.2) is 107 Å². The largest absolute Gasteiger partial charge is 0.490 e. The summed E-state index contributed by atoms with van der Waals surface area (Å²) < 4.78 is 40.0. The van der Waals surface area contributed by atoms with E-state index in [9.17, 15) is 27.9 Å². The molecule has 0 radical (unpaired) electrons. The number of urea groups is 1. The molecule has 0 aromatic heterocycles. The summed E-state index contributed by atoms with van der Waals surface area (Å²) in [5, 5.41) is 17.7. The Morgan fingerprint density at radius 2 is 1.53 bits per heavy atom. The van der Waals surface area contributed by atoms with Gasteiger partial charge >= 0.3 is 12.0 Å². The summed E-state index contributed by atoms with van der Waals surface area (Å²) in [6, 6.07) is 11.3. The molecule has 2 aromatic rings. The first kappa shape index (κ1) is 39.1. The van der Waals surface area contributed by atoms with E-state index in [4.69, 9.17) is 9.47 Å². The lowest BCUT2D eigenvalue weighted by Crippen LogP contribution is -2.55. The van der Waals surface area contributed by atoms with Crippen molar-refractivity contribution in [1.29, 1.82) is 0 Å². The third-order valence-electron chi connectivity index (χ3n) is 7.48. The average molecular weight is 701 g/mol. The molecule has 2 aromatic carbocycles. The van der Waals surface area contributed by atoms with Crippen LogP contribution < -0.4 is 30.3 Å². The third kappa shape index (κ3) is 12.6. The van der Waals surface area contributed by atoms with E-state index in [1.165, 1.54) is 4.31 Å². The van der Waals surface area contributed by atoms with Gasteiger partial charge in [0.05, 0.1) is 12.2 Å². The molecule has 14 nitrogen and oxygen atoms in total. The number of carbonyl (C=O) groups excluding carboxylic acids is 2. The number of rotatable bonds is 16. The van der Waals surface area contributed by atoms with Gasteiger partial charge in [-0.25, -0.2) is 4.79 Å². The second-order valence-electron chi connectivity index (χ2n) is 12.1. The highest BCUT2D eigenvalue weighted by Crippen LogP contribution is 2.21. The average Bonchev–Trinajstić information content (AvgIpc) is 3.06. The SMILES string of the molecule is COCCOc1ccc(C#Cc2ccc(N3CCN(S(=O)(=O)N[C@@H](C(=O)O)C(C)C)CC3)cc2)cc1C(=O)NCCCNC(=O)NC(C)C. The second kappa shape index (κ2) is 19.0. The normalized spacial score (nSPS) is 14.1. The van der Waals surface area contributed by atoms with Crippen molar-refractivity contribution in [3.05, 3.63) is 59.2 Å². The van der Waals surface area contributed by atoms with E-state index in [0.717, 1.165) is 11.3 Å². The molecular formula is C34H48N6O8S. The summed E-state index contributed by atoms with van der Waals surface area (Å²) in [5.41, 5.74) is 2.62. The molecule has 0 saturated carbocycles. The molecule has 1 heterocycles. The van der Waals surface area contributed by atoms with E-state index in [1.54, 1.807) is 39.2 Å². The number of amides is 3. The molecule has 3 rings (SSSR count). The number of piperazine rings is 1. The minimum absolute atomic E-state index is 0.0315. The molecule has 3 amide bonds. The molecule has 268 valence electrons. The number of carbonyl (C=O) groups is 3. The fourth-order valence-electron chi connectivity index (χ4n) is 4.84. The van der Waals surface area contributed by atoms with Crippen molar-refractivity contribution < 1.29 is 37.4 Å². The molecule has 5 N–H and O–H groups in total. The molecule has 1 aliphatic rings. The van der Waals surface area contributed by atoms with E-state index in [0.29, 0.717) is 56.1 Å². The zero-order valence-electron chi connectivity index (χ0n) is 28.7. The molecule has 1 atom stereocenters. The number of hydrogen-bond acceptors (Lipinski definition) is 8. The van der Waals surface area contributed by atoms with E-state index in [2.05, 4.69) is 37.4 Å². The van der Waals surface area contributed by atoms with Gasteiger partial charge in [0.15, 0.2) is 0 Å². The molecular weight excluding hydrogens is 652 g/mol. The van der Waals surface area contributed by atoms with Crippen LogP contribution in [-0.2, 0) is 19.7 Å². The van der Waals surface area contributed by atoms with Crippen molar-refractivity contribution in [2.75, 3.05) is 64.5 Å². The number of ether oxygens (including phenoxy) is 2. The number of benzene rings is 2. The highest BCUT2D eigenvalue weighted by atomic mass is 32.2. The van der Waals surface area contributed by atoms with Gasteiger partial charge in [-0.3, -0.25) is 9.59 Å². The van der Waals surface area contributed by atoms with Crippen molar-refractivity contribution >= 4 is 33.8 Å². The fourth-order valence-corrected chi connectivity index (χ4v) is 6.33. The van der Waals surface area contributed by atoms with Gasteiger partial charge in [-0.05, 0) is 68.7 Å². The Morgan fingerprint density at radius 1 is 0.898 bits per heavy atom. The van der Waals surface area contributed by atoms with Gasteiger partial charge in [0.25, 0.3) is 16.1 Å². The van der Waals surface area contributed by atoms with Gasteiger partial charge < -0.3 is 35.4 Å². The Balaban J connectivity index is 1.61. The molecule has 15 heteroatoms. The maximum Gasteiger partial charge on any atom is 0.322 e. The molecule has 1 saturated heterocycles. The minimum atomic E-state index is -3.95. The first-order valence-electron chi connectivity index (χ1n) is 16.3. The van der Waals surface area contributed by atoms with Crippen molar-refractivity contribution in [2.24, 2.45) is 5.92 Å². The van der Waals surface area contributed by atoms with Gasteiger partial charge in [-0.2, -0.15) is 17.4 Å². The molecule has 0 aliphatic carbocycles. The quantitative estimate of drug-likeness (QED) is 0.129. The van der Waals surface area contributed by atoms with Gasteiger partial charge in [0.1, 0.15) is 18.4 Å². The summed E-state index contributed by atoms with van der Waals surface area (Å²) >= 11 is 0. The lowest BCUT2D eigenvalue weighted by Gasteiger charge is -2.36. The molecule has 0 spiro atoms. The summed E-state index contributed by atoms with van der Waals surface area (Å²) in [6.07, 6.45) is 0.546. The van der Waals surface area contributed by atoms with Gasteiger partial charge in [0.2, 0.25) is 0 Å². The Kier molecular flexibility index (Phi) is 15.1. The van der Waals surface area contributed by atoms with Crippen molar-refractivity contribution in [1.82, 2.24) is 25.0 Å². The van der Waals surface area contributed by atoms with Crippen LogP contribution in [0.4, 0.5) is 10.5 Å². The predicted octanol–water partition coefficient (Wildman–Crippen LogP) is 2.00. The predicted molar refractivity (Wildman–Crippen MR) is 187 cm³/mol. The molecule has 1 aliphatic heterocycles. The maximum absolute atomic E-state index is 13.1. The second-order valence-corrected chi connectivity index (χ2v) is 13.8. The van der Waals surface area contributed by atoms with Crippen LogP contribution in [0.1, 0.15) is 55.6 Å². The number of aliphatic carboxylic acids is 1. The van der Waals surface area contributed by atoms with Crippen LogP contribution in [0.3, 0.4) is 0 Å². The highest BCUT2D eigenvalue weighted by Gasteiger charge is 2.33.